The molecule has 5 nitrogen and oxygen atoms in total. The first-order valence-electron chi connectivity index (χ1n) is 8.26. The summed E-state index contributed by atoms with van der Waals surface area (Å²) in [5.74, 6) is 0.916. The van der Waals surface area contributed by atoms with E-state index in [2.05, 4.69) is 41.3 Å². The molecule has 1 saturated heterocycles. The van der Waals surface area contributed by atoms with E-state index >= 15 is 0 Å². The number of ether oxygens (including phenoxy) is 1. The average molecular weight is 426 g/mol. The Balaban J connectivity index is 0.00000441. The minimum absolute atomic E-state index is 0. The summed E-state index contributed by atoms with van der Waals surface area (Å²) in [6.07, 6.45) is 3.74. The lowest BCUT2D eigenvalue weighted by molar-refractivity contribution is 0.0389. The molecule has 0 unspecified atom stereocenters. The molecule has 0 aromatic heterocycles. The summed E-state index contributed by atoms with van der Waals surface area (Å²) < 4.78 is 5.35. The highest BCUT2D eigenvalue weighted by atomic mass is 127. The van der Waals surface area contributed by atoms with Crippen LogP contribution in [0.3, 0.4) is 0 Å². The van der Waals surface area contributed by atoms with E-state index in [1.54, 1.807) is 0 Å². The van der Waals surface area contributed by atoms with Gasteiger partial charge >= 0.3 is 0 Å². The maximum atomic E-state index is 5.35. The van der Waals surface area contributed by atoms with Crippen LogP contribution in [0.15, 0.2) is 4.99 Å². The molecule has 132 valence electrons. The van der Waals surface area contributed by atoms with Crippen LogP contribution in [-0.4, -0.2) is 63.8 Å². The standard InChI is InChI=1S/C16H34N4O.HI/c1-16(2,3)7-5-6-8-18-15(17-4)19-9-10-20-11-13-21-14-12-20;/h5-14H2,1-4H3,(H2,17,18,19);1H. The molecule has 2 N–H and O–H groups in total. The van der Waals surface area contributed by atoms with Crippen molar-refractivity contribution < 1.29 is 4.74 Å². The third-order valence-corrected chi connectivity index (χ3v) is 3.69. The number of nitrogens with zero attached hydrogens (tertiary/aromatic N) is 2. The number of halogens is 1. The minimum Gasteiger partial charge on any atom is -0.379 e. The molecule has 1 aliphatic heterocycles. The van der Waals surface area contributed by atoms with Gasteiger partial charge in [-0.1, -0.05) is 27.2 Å². The summed E-state index contributed by atoms with van der Waals surface area (Å²) >= 11 is 0. The van der Waals surface area contributed by atoms with Crippen LogP contribution >= 0.6 is 24.0 Å². The number of guanidine groups is 1. The van der Waals surface area contributed by atoms with Gasteiger partial charge in [-0.15, -0.1) is 24.0 Å². The van der Waals surface area contributed by atoms with Gasteiger partial charge in [-0.2, -0.15) is 0 Å². The average Bonchev–Trinajstić information content (AvgIpc) is 2.45. The van der Waals surface area contributed by atoms with E-state index in [4.69, 9.17) is 4.74 Å². The highest BCUT2D eigenvalue weighted by Crippen LogP contribution is 2.21. The largest absolute Gasteiger partial charge is 0.379 e. The fraction of sp³-hybridized carbons (Fsp3) is 0.938. The molecule has 0 aromatic rings. The van der Waals surface area contributed by atoms with Crippen LogP contribution in [0.1, 0.15) is 40.0 Å². The Morgan fingerprint density at radius 3 is 2.32 bits per heavy atom. The first-order chi connectivity index (χ1) is 10.0. The molecule has 0 aliphatic carbocycles. The Labute approximate surface area is 153 Å². The van der Waals surface area contributed by atoms with Crippen molar-refractivity contribution in [1.82, 2.24) is 15.5 Å². The number of aliphatic imine (C=N–C) groups is 1. The van der Waals surface area contributed by atoms with Gasteiger partial charge < -0.3 is 15.4 Å². The van der Waals surface area contributed by atoms with E-state index < -0.39 is 0 Å². The van der Waals surface area contributed by atoms with Crippen LogP contribution in [0.5, 0.6) is 0 Å². The molecule has 6 heteroatoms. The second-order valence-corrected chi connectivity index (χ2v) is 6.90. The van der Waals surface area contributed by atoms with Crippen molar-refractivity contribution in [2.24, 2.45) is 10.4 Å². The Kier molecular flexibility index (Phi) is 12.3. The van der Waals surface area contributed by atoms with Gasteiger partial charge in [0.25, 0.3) is 0 Å². The third-order valence-electron chi connectivity index (χ3n) is 3.69. The van der Waals surface area contributed by atoms with Gasteiger partial charge in [0, 0.05) is 39.8 Å². The van der Waals surface area contributed by atoms with Gasteiger partial charge in [0.2, 0.25) is 0 Å². The zero-order chi connectivity index (χ0) is 15.6. The molecule has 1 rings (SSSR count). The topological polar surface area (TPSA) is 48.9 Å². The van der Waals surface area contributed by atoms with Crippen LogP contribution in [0.4, 0.5) is 0 Å². The monoisotopic (exact) mass is 426 g/mol. The van der Waals surface area contributed by atoms with E-state index in [1.165, 1.54) is 19.3 Å². The molecule has 1 aliphatic rings. The molecular formula is C16H35IN4O. The summed E-state index contributed by atoms with van der Waals surface area (Å²) in [5.41, 5.74) is 0.443. The SMILES string of the molecule is CN=C(NCCCCC(C)(C)C)NCCN1CCOCC1.I. The van der Waals surface area contributed by atoms with Crippen LogP contribution in [0.2, 0.25) is 0 Å². The fourth-order valence-corrected chi connectivity index (χ4v) is 2.36. The lowest BCUT2D eigenvalue weighted by Gasteiger charge is -2.26. The number of hydrogen-bond donors (Lipinski definition) is 2. The van der Waals surface area contributed by atoms with Gasteiger partial charge in [0.05, 0.1) is 13.2 Å². The number of rotatable bonds is 7. The van der Waals surface area contributed by atoms with Crippen LogP contribution in [-0.2, 0) is 4.74 Å². The molecule has 0 saturated carbocycles. The lowest BCUT2D eigenvalue weighted by Crippen LogP contribution is -2.44. The highest BCUT2D eigenvalue weighted by Gasteiger charge is 2.10. The first kappa shape index (κ1) is 21.9. The molecule has 22 heavy (non-hydrogen) atoms. The molecule has 0 radical (unpaired) electrons. The van der Waals surface area contributed by atoms with Crippen LogP contribution in [0, 0.1) is 5.41 Å². The predicted octanol–water partition coefficient (Wildman–Crippen LogP) is 2.32. The smallest absolute Gasteiger partial charge is 0.191 e. The van der Waals surface area contributed by atoms with Crippen molar-refractivity contribution in [3.63, 3.8) is 0 Å². The molecule has 1 fully saturated rings. The second kappa shape index (κ2) is 12.4. The lowest BCUT2D eigenvalue weighted by atomic mass is 9.90. The van der Waals surface area contributed by atoms with Crippen molar-refractivity contribution >= 4 is 29.9 Å². The number of nitrogens with one attached hydrogen (secondary N) is 2. The van der Waals surface area contributed by atoms with Gasteiger partial charge in [0.15, 0.2) is 5.96 Å². The van der Waals surface area contributed by atoms with Crippen molar-refractivity contribution in [3.05, 3.63) is 0 Å². The van der Waals surface area contributed by atoms with Gasteiger partial charge in [-0.05, 0) is 18.3 Å². The predicted molar refractivity (Wildman–Crippen MR) is 105 cm³/mol. The summed E-state index contributed by atoms with van der Waals surface area (Å²) in [7, 11) is 1.83. The maximum Gasteiger partial charge on any atom is 0.191 e. The summed E-state index contributed by atoms with van der Waals surface area (Å²) in [6.45, 7) is 13.7. The van der Waals surface area contributed by atoms with Gasteiger partial charge in [0.1, 0.15) is 0 Å². The quantitative estimate of drug-likeness (QED) is 0.284. The fourth-order valence-electron chi connectivity index (χ4n) is 2.36. The normalized spacial score (nSPS) is 17.0. The molecule has 1 heterocycles. The molecule has 0 spiro atoms. The van der Waals surface area contributed by atoms with Gasteiger partial charge in [-0.3, -0.25) is 9.89 Å². The van der Waals surface area contributed by atoms with Crippen molar-refractivity contribution in [3.8, 4) is 0 Å². The van der Waals surface area contributed by atoms with E-state index in [1.807, 2.05) is 7.05 Å². The molecule has 0 amide bonds. The second-order valence-electron chi connectivity index (χ2n) is 6.90. The Morgan fingerprint density at radius 2 is 1.73 bits per heavy atom. The maximum absolute atomic E-state index is 5.35. The number of morpholine rings is 1. The van der Waals surface area contributed by atoms with Crippen LogP contribution in [0.25, 0.3) is 0 Å². The molecule has 0 aromatic carbocycles. The molecule has 0 bridgehead atoms. The number of hydrogen-bond acceptors (Lipinski definition) is 3. The van der Waals surface area contributed by atoms with Crippen LogP contribution < -0.4 is 10.6 Å². The Morgan fingerprint density at radius 1 is 1.09 bits per heavy atom. The van der Waals surface area contributed by atoms with Crippen molar-refractivity contribution in [2.45, 2.75) is 40.0 Å². The summed E-state index contributed by atoms with van der Waals surface area (Å²) in [5, 5.41) is 6.77. The van der Waals surface area contributed by atoms with E-state index in [0.717, 1.165) is 51.9 Å². The first-order valence-corrected chi connectivity index (χ1v) is 8.26. The zero-order valence-electron chi connectivity index (χ0n) is 14.8. The third kappa shape index (κ3) is 11.5. The zero-order valence-corrected chi connectivity index (χ0v) is 17.1. The van der Waals surface area contributed by atoms with Crippen molar-refractivity contribution in [2.75, 3.05) is 53.0 Å². The Bertz CT molecular complexity index is 299. The highest BCUT2D eigenvalue weighted by molar-refractivity contribution is 14.0. The summed E-state index contributed by atoms with van der Waals surface area (Å²) in [4.78, 5) is 6.69. The molecular weight excluding hydrogens is 391 g/mol. The van der Waals surface area contributed by atoms with E-state index in [0.29, 0.717) is 5.41 Å². The van der Waals surface area contributed by atoms with Crippen molar-refractivity contribution in [1.29, 1.82) is 0 Å². The molecule has 0 atom stereocenters. The van der Waals surface area contributed by atoms with E-state index in [-0.39, 0.29) is 24.0 Å². The van der Waals surface area contributed by atoms with E-state index in [9.17, 15) is 0 Å². The number of unbranched alkanes of at least 4 members (excludes halogenated alkanes) is 1. The van der Waals surface area contributed by atoms with Gasteiger partial charge in [-0.25, -0.2) is 0 Å². The Hall–Kier alpha value is -0.0800. The summed E-state index contributed by atoms with van der Waals surface area (Å²) in [6, 6.07) is 0. The minimum atomic E-state index is 0.